The van der Waals surface area contributed by atoms with Gasteiger partial charge >= 0.3 is 0 Å². The molecule has 2 heterocycles. The highest BCUT2D eigenvalue weighted by atomic mass is 35.5. The van der Waals surface area contributed by atoms with Gasteiger partial charge in [0.25, 0.3) is 5.91 Å². The number of ether oxygens (including phenoxy) is 1. The van der Waals surface area contributed by atoms with Crippen molar-refractivity contribution in [1.29, 1.82) is 5.26 Å². The molecular formula is C27H22ClFN4O4S. The number of allylic oxidation sites excluding steroid dienone is 2. The van der Waals surface area contributed by atoms with E-state index in [0.29, 0.717) is 32.9 Å². The summed E-state index contributed by atoms with van der Waals surface area (Å²) in [5.74, 6) is -1.67. The third-order valence-electron chi connectivity index (χ3n) is 5.63. The maximum atomic E-state index is 14.2. The molecule has 0 radical (unpaired) electrons. The number of dihydropyridines is 1. The van der Waals surface area contributed by atoms with Crippen LogP contribution in [0.3, 0.4) is 0 Å². The van der Waals surface area contributed by atoms with Gasteiger partial charge in [-0.1, -0.05) is 35.5 Å². The van der Waals surface area contributed by atoms with Crippen molar-refractivity contribution in [2.75, 3.05) is 23.5 Å². The predicted molar refractivity (Wildman–Crippen MR) is 144 cm³/mol. The van der Waals surface area contributed by atoms with Crippen LogP contribution in [0.4, 0.5) is 15.8 Å². The van der Waals surface area contributed by atoms with Crippen molar-refractivity contribution in [3.05, 3.63) is 99.3 Å². The van der Waals surface area contributed by atoms with E-state index in [1.54, 1.807) is 43.3 Å². The fourth-order valence-corrected chi connectivity index (χ4v) is 4.99. The average molecular weight is 553 g/mol. The van der Waals surface area contributed by atoms with Crippen LogP contribution < -0.4 is 20.7 Å². The summed E-state index contributed by atoms with van der Waals surface area (Å²) >= 11 is 7.13. The number of hydrogen-bond donors (Lipinski definition) is 3. The molecule has 1 aliphatic rings. The van der Waals surface area contributed by atoms with Crippen LogP contribution in [0.2, 0.25) is 5.02 Å². The Morgan fingerprint density at radius 2 is 1.97 bits per heavy atom. The summed E-state index contributed by atoms with van der Waals surface area (Å²) in [4.78, 5) is 26.1. The molecule has 0 saturated heterocycles. The number of halogens is 2. The highest BCUT2D eigenvalue weighted by Crippen LogP contribution is 2.41. The Kier molecular flexibility index (Phi) is 8.41. The number of methoxy groups -OCH3 is 1. The summed E-state index contributed by atoms with van der Waals surface area (Å²) < 4.78 is 25.1. The Morgan fingerprint density at radius 1 is 1.18 bits per heavy atom. The van der Waals surface area contributed by atoms with Crippen LogP contribution in [0.25, 0.3) is 0 Å². The summed E-state index contributed by atoms with van der Waals surface area (Å²) in [5.41, 5.74) is 1.22. The fourth-order valence-electron chi connectivity index (χ4n) is 3.92. The molecule has 0 aliphatic carbocycles. The Hall–Kier alpha value is -4.20. The number of carbonyl (C=O) groups excluding carboxylic acids is 2. The monoisotopic (exact) mass is 552 g/mol. The van der Waals surface area contributed by atoms with Gasteiger partial charge in [-0.25, -0.2) is 4.39 Å². The molecule has 0 bridgehead atoms. The lowest BCUT2D eigenvalue weighted by atomic mass is 9.85. The Balaban J connectivity index is 1.59. The third kappa shape index (κ3) is 5.85. The number of furan rings is 1. The number of nitriles is 1. The summed E-state index contributed by atoms with van der Waals surface area (Å²) in [7, 11) is 1.48. The van der Waals surface area contributed by atoms with Crippen LogP contribution >= 0.6 is 23.4 Å². The van der Waals surface area contributed by atoms with E-state index >= 15 is 0 Å². The van der Waals surface area contributed by atoms with E-state index in [1.807, 2.05) is 0 Å². The van der Waals surface area contributed by atoms with Crippen molar-refractivity contribution in [3.8, 4) is 11.8 Å². The molecular weight excluding hydrogens is 531 g/mol. The molecule has 194 valence electrons. The summed E-state index contributed by atoms with van der Waals surface area (Å²) in [6.45, 7) is 1.66. The normalized spacial score (nSPS) is 15.0. The number of hydrogen-bond acceptors (Lipinski definition) is 7. The van der Waals surface area contributed by atoms with Crippen molar-refractivity contribution in [3.63, 3.8) is 0 Å². The number of anilines is 2. The van der Waals surface area contributed by atoms with Gasteiger partial charge in [0.05, 0.1) is 58.7 Å². The fraction of sp³-hybridized carbons (Fsp3) is 0.148. The number of nitrogens with one attached hydrogen (secondary N) is 3. The maximum absolute atomic E-state index is 14.2. The molecule has 2 aromatic carbocycles. The number of benzene rings is 2. The first-order valence-corrected chi connectivity index (χ1v) is 12.7. The standard InChI is InChI=1S/C27H22ClFN4O4S/c1-15-24(26(35)33-19-7-4-3-6-18(19)29)25(22-8-5-11-37-22)17(13-30)27(31-15)38-14-23(34)32-20-12-16(28)9-10-21(20)36-2/h3-12,25,31H,14H2,1-2H3,(H,32,34)(H,33,35). The molecule has 8 nitrogen and oxygen atoms in total. The number of rotatable bonds is 8. The van der Waals surface area contributed by atoms with Crippen LogP contribution in [-0.4, -0.2) is 24.7 Å². The molecule has 1 unspecified atom stereocenters. The molecule has 3 N–H and O–H groups in total. The molecule has 0 spiro atoms. The largest absolute Gasteiger partial charge is 0.495 e. The molecule has 38 heavy (non-hydrogen) atoms. The Bertz CT molecular complexity index is 1480. The summed E-state index contributed by atoms with van der Waals surface area (Å²) in [6, 6.07) is 16.1. The van der Waals surface area contributed by atoms with Crippen LogP contribution in [0.5, 0.6) is 5.75 Å². The lowest BCUT2D eigenvalue weighted by Gasteiger charge is -2.28. The van der Waals surface area contributed by atoms with Crippen LogP contribution in [-0.2, 0) is 9.59 Å². The van der Waals surface area contributed by atoms with Crippen molar-refractivity contribution < 1.29 is 23.1 Å². The molecule has 0 fully saturated rings. The topological polar surface area (TPSA) is 116 Å². The second-order valence-corrected chi connectivity index (χ2v) is 9.50. The second kappa shape index (κ2) is 11.9. The first kappa shape index (κ1) is 26.9. The zero-order chi connectivity index (χ0) is 27.2. The highest BCUT2D eigenvalue weighted by molar-refractivity contribution is 8.03. The number of para-hydroxylation sites is 1. The highest BCUT2D eigenvalue weighted by Gasteiger charge is 2.36. The van der Waals surface area contributed by atoms with Gasteiger partial charge in [-0.2, -0.15) is 5.26 Å². The molecule has 11 heteroatoms. The van der Waals surface area contributed by atoms with Gasteiger partial charge in [-0.3, -0.25) is 9.59 Å². The number of nitrogens with zero attached hydrogens (tertiary/aromatic N) is 1. The molecule has 1 aliphatic heterocycles. The van der Waals surface area contributed by atoms with Crippen molar-refractivity contribution in [2.45, 2.75) is 12.8 Å². The average Bonchev–Trinajstić information content (AvgIpc) is 3.43. The van der Waals surface area contributed by atoms with Gasteiger partial charge < -0.3 is 25.1 Å². The lowest BCUT2D eigenvalue weighted by molar-refractivity contribution is -0.114. The molecule has 1 aromatic heterocycles. The quantitative estimate of drug-likeness (QED) is 0.324. The van der Waals surface area contributed by atoms with E-state index in [-0.39, 0.29) is 28.5 Å². The number of thioether (sulfide) groups is 1. The summed E-state index contributed by atoms with van der Waals surface area (Å²) in [6.07, 6.45) is 1.44. The minimum absolute atomic E-state index is 0.00627. The van der Waals surface area contributed by atoms with Gasteiger partial charge in [0.1, 0.15) is 17.3 Å². The van der Waals surface area contributed by atoms with Gasteiger partial charge in [0.2, 0.25) is 5.91 Å². The third-order valence-corrected chi connectivity index (χ3v) is 6.88. The van der Waals surface area contributed by atoms with E-state index in [0.717, 1.165) is 11.8 Å². The van der Waals surface area contributed by atoms with Crippen LogP contribution in [0.15, 0.2) is 87.1 Å². The lowest BCUT2D eigenvalue weighted by Crippen LogP contribution is -2.31. The Morgan fingerprint density at radius 3 is 2.66 bits per heavy atom. The van der Waals surface area contributed by atoms with E-state index in [9.17, 15) is 19.2 Å². The molecule has 0 saturated carbocycles. The Labute approximate surface area is 227 Å². The molecule has 2 amide bonds. The van der Waals surface area contributed by atoms with Crippen molar-refractivity contribution in [2.24, 2.45) is 0 Å². The molecule has 4 rings (SSSR count). The SMILES string of the molecule is COc1ccc(Cl)cc1NC(=O)CSC1=C(C#N)C(c2ccco2)C(C(=O)Nc2ccccc2F)=C(C)N1. The summed E-state index contributed by atoms with van der Waals surface area (Å²) in [5, 5.41) is 19.3. The minimum atomic E-state index is -0.874. The van der Waals surface area contributed by atoms with Crippen LogP contribution in [0, 0.1) is 17.1 Å². The zero-order valence-corrected chi connectivity index (χ0v) is 21.9. The van der Waals surface area contributed by atoms with Crippen molar-refractivity contribution >= 4 is 46.6 Å². The second-order valence-electron chi connectivity index (χ2n) is 8.08. The minimum Gasteiger partial charge on any atom is -0.495 e. The van der Waals surface area contributed by atoms with E-state index in [2.05, 4.69) is 22.0 Å². The molecule has 3 aromatic rings. The number of amides is 2. The van der Waals surface area contributed by atoms with Gasteiger partial charge in [-0.15, -0.1) is 0 Å². The van der Waals surface area contributed by atoms with Crippen molar-refractivity contribution in [1.82, 2.24) is 5.32 Å². The zero-order valence-electron chi connectivity index (χ0n) is 20.3. The van der Waals surface area contributed by atoms with E-state index in [1.165, 1.54) is 31.6 Å². The first-order valence-electron chi connectivity index (χ1n) is 11.3. The first-order chi connectivity index (χ1) is 18.3. The predicted octanol–water partition coefficient (Wildman–Crippen LogP) is 5.79. The molecule has 1 atom stereocenters. The van der Waals surface area contributed by atoms with Crippen LogP contribution in [0.1, 0.15) is 18.6 Å². The van der Waals surface area contributed by atoms with Gasteiger partial charge in [-0.05, 0) is 49.4 Å². The number of carbonyl (C=O) groups is 2. The van der Waals surface area contributed by atoms with E-state index < -0.39 is 17.6 Å². The smallest absolute Gasteiger partial charge is 0.254 e. The van der Waals surface area contributed by atoms with Gasteiger partial charge in [0, 0.05) is 10.7 Å². The maximum Gasteiger partial charge on any atom is 0.254 e. The van der Waals surface area contributed by atoms with Gasteiger partial charge in [0.15, 0.2) is 0 Å². The van der Waals surface area contributed by atoms with E-state index in [4.69, 9.17) is 20.8 Å².